The molecule has 1 heterocycles. The highest BCUT2D eigenvalue weighted by molar-refractivity contribution is 5.32. The highest BCUT2D eigenvalue weighted by Crippen LogP contribution is 2.36. The first-order valence-corrected chi connectivity index (χ1v) is 6.82. The lowest BCUT2D eigenvalue weighted by atomic mass is 9.80. The minimum absolute atomic E-state index is 0.0112. The smallest absolute Gasteiger partial charge is 0.0946 e. The van der Waals surface area contributed by atoms with Gasteiger partial charge in [-0.05, 0) is 29.9 Å². The van der Waals surface area contributed by atoms with Crippen molar-refractivity contribution in [3.8, 4) is 0 Å². The third-order valence-electron chi connectivity index (χ3n) is 4.16. The van der Waals surface area contributed by atoms with Crippen molar-refractivity contribution in [2.24, 2.45) is 12.9 Å². The Morgan fingerprint density at radius 3 is 2.53 bits per heavy atom. The second-order valence-corrected chi connectivity index (χ2v) is 5.32. The summed E-state index contributed by atoms with van der Waals surface area (Å²) in [5.41, 5.74) is 6.58. The van der Waals surface area contributed by atoms with Gasteiger partial charge in [-0.15, -0.1) is 0 Å². The number of nitrogens with two attached hydrogens (primary N) is 1. The van der Waals surface area contributed by atoms with Crippen LogP contribution >= 0.6 is 0 Å². The van der Waals surface area contributed by atoms with E-state index in [0.717, 1.165) is 11.6 Å². The Balaban J connectivity index is 1.85. The molecule has 4 nitrogen and oxygen atoms in total. The number of nitrogens with one attached hydrogen (secondary N) is 1. The Hall–Kier alpha value is -1.65. The molecule has 1 aliphatic rings. The van der Waals surface area contributed by atoms with Crippen molar-refractivity contribution in [3.05, 3.63) is 53.6 Å². The van der Waals surface area contributed by atoms with E-state index in [0.29, 0.717) is 0 Å². The summed E-state index contributed by atoms with van der Waals surface area (Å²) < 4.78 is 1.99. The highest BCUT2D eigenvalue weighted by atomic mass is 15.2. The number of rotatable bonds is 4. The molecule has 0 radical (unpaired) electrons. The van der Waals surface area contributed by atoms with Gasteiger partial charge in [0.2, 0.25) is 0 Å². The number of imidazole rings is 1. The fourth-order valence-electron chi connectivity index (χ4n) is 2.70. The molecule has 1 unspecified atom stereocenters. The molecule has 0 bridgehead atoms. The Kier molecular flexibility index (Phi) is 3.36. The minimum atomic E-state index is -0.0112. The summed E-state index contributed by atoms with van der Waals surface area (Å²) in [6, 6.07) is 8.80. The molecule has 1 aliphatic carbocycles. The van der Waals surface area contributed by atoms with Gasteiger partial charge >= 0.3 is 0 Å². The number of hydrazine groups is 1. The lowest BCUT2D eigenvalue weighted by molar-refractivity contribution is 0.419. The summed E-state index contributed by atoms with van der Waals surface area (Å²) in [4.78, 5) is 4.15. The van der Waals surface area contributed by atoms with Gasteiger partial charge < -0.3 is 4.57 Å². The van der Waals surface area contributed by atoms with E-state index in [-0.39, 0.29) is 6.04 Å². The van der Waals surface area contributed by atoms with E-state index in [1.807, 2.05) is 17.8 Å². The molecule has 4 heteroatoms. The van der Waals surface area contributed by atoms with Crippen LogP contribution in [0.1, 0.15) is 48.0 Å². The molecule has 0 amide bonds. The van der Waals surface area contributed by atoms with Crippen molar-refractivity contribution in [1.29, 1.82) is 0 Å². The number of hydrogen-bond donors (Lipinski definition) is 2. The molecule has 1 saturated carbocycles. The second kappa shape index (κ2) is 5.15. The van der Waals surface area contributed by atoms with Crippen LogP contribution in [0.3, 0.4) is 0 Å². The SMILES string of the molecule is Cn1cncc1C(NN)c1ccc(C2CCC2)cc1. The summed E-state index contributed by atoms with van der Waals surface area (Å²) >= 11 is 0. The molecule has 1 atom stereocenters. The van der Waals surface area contributed by atoms with Crippen LogP contribution in [0.25, 0.3) is 0 Å². The normalized spacial score (nSPS) is 17.2. The number of aryl methyl sites for hydroxylation is 1. The van der Waals surface area contributed by atoms with E-state index in [4.69, 9.17) is 5.84 Å². The Morgan fingerprint density at radius 1 is 1.32 bits per heavy atom. The van der Waals surface area contributed by atoms with Gasteiger partial charge in [-0.2, -0.15) is 0 Å². The van der Waals surface area contributed by atoms with E-state index in [2.05, 4.69) is 34.7 Å². The number of aromatic nitrogens is 2. The lowest BCUT2D eigenvalue weighted by Gasteiger charge is -2.26. The van der Waals surface area contributed by atoms with E-state index in [9.17, 15) is 0 Å². The Labute approximate surface area is 113 Å². The van der Waals surface area contributed by atoms with Gasteiger partial charge in [-0.25, -0.2) is 10.4 Å². The van der Waals surface area contributed by atoms with Gasteiger partial charge in [0.1, 0.15) is 0 Å². The standard InChI is InChI=1S/C15H20N4/c1-19-10-17-9-14(19)15(18-16)13-7-5-12(6-8-13)11-3-2-4-11/h5-11,15,18H,2-4,16H2,1H3. The van der Waals surface area contributed by atoms with E-state index in [1.54, 1.807) is 6.33 Å². The van der Waals surface area contributed by atoms with Crippen LogP contribution in [0.2, 0.25) is 0 Å². The van der Waals surface area contributed by atoms with Gasteiger partial charge in [-0.3, -0.25) is 5.84 Å². The fourth-order valence-corrected chi connectivity index (χ4v) is 2.70. The van der Waals surface area contributed by atoms with Crippen molar-refractivity contribution < 1.29 is 0 Å². The molecular weight excluding hydrogens is 236 g/mol. The molecule has 1 aromatic carbocycles. The van der Waals surface area contributed by atoms with Crippen LogP contribution in [-0.2, 0) is 7.05 Å². The van der Waals surface area contributed by atoms with Crippen LogP contribution in [0.4, 0.5) is 0 Å². The van der Waals surface area contributed by atoms with E-state index >= 15 is 0 Å². The zero-order chi connectivity index (χ0) is 13.2. The maximum Gasteiger partial charge on any atom is 0.0946 e. The Bertz CT molecular complexity index is 540. The summed E-state index contributed by atoms with van der Waals surface area (Å²) in [5, 5.41) is 0. The third kappa shape index (κ3) is 2.29. The lowest BCUT2D eigenvalue weighted by Crippen LogP contribution is -2.30. The molecule has 0 spiro atoms. The molecule has 2 aromatic rings. The monoisotopic (exact) mass is 256 g/mol. The predicted octanol–water partition coefficient (Wildman–Crippen LogP) is 2.24. The quantitative estimate of drug-likeness (QED) is 0.651. The molecule has 19 heavy (non-hydrogen) atoms. The molecule has 0 aliphatic heterocycles. The Morgan fingerprint density at radius 2 is 2.05 bits per heavy atom. The number of nitrogens with zero attached hydrogens (tertiary/aromatic N) is 2. The molecule has 0 saturated heterocycles. The number of benzene rings is 1. The minimum Gasteiger partial charge on any atom is -0.336 e. The van der Waals surface area contributed by atoms with Gasteiger partial charge in [0.15, 0.2) is 0 Å². The maximum atomic E-state index is 5.71. The van der Waals surface area contributed by atoms with Crippen LogP contribution < -0.4 is 11.3 Å². The average molecular weight is 256 g/mol. The largest absolute Gasteiger partial charge is 0.336 e. The summed E-state index contributed by atoms with van der Waals surface area (Å²) in [6.07, 6.45) is 7.68. The second-order valence-electron chi connectivity index (χ2n) is 5.32. The topological polar surface area (TPSA) is 55.9 Å². The van der Waals surface area contributed by atoms with Gasteiger partial charge in [0, 0.05) is 7.05 Å². The third-order valence-corrected chi connectivity index (χ3v) is 4.16. The zero-order valence-electron chi connectivity index (χ0n) is 11.2. The maximum absolute atomic E-state index is 5.71. The number of hydrogen-bond acceptors (Lipinski definition) is 3. The average Bonchev–Trinajstić information content (AvgIpc) is 2.77. The fraction of sp³-hybridized carbons (Fsp3) is 0.400. The molecular formula is C15H20N4. The van der Waals surface area contributed by atoms with Crippen molar-refractivity contribution in [2.75, 3.05) is 0 Å². The van der Waals surface area contributed by atoms with Crippen LogP contribution in [0.5, 0.6) is 0 Å². The van der Waals surface area contributed by atoms with Crippen molar-refractivity contribution >= 4 is 0 Å². The molecule has 3 rings (SSSR count). The highest BCUT2D eigenvalue weighted by Gasteiger charge is 2.20. The first-order chi connectivity index (χ1) is 9.29. The van der Waals surface area contributed by atoms with Gasteiger partial charge in [0.25, 0.3) is 0 Å². The molecule has 1 fully saturated rings. The van der Waals surface area contributed by atoms with E-state index in [1.165, 1.54) is 30.4 Å². The summed E-state index contributed by atoms with van der Waals surface area (Å²) in [5.74, 6) is 6.48. The van der Waals surface area contributed by atoms with E-state index < -0.39 is 0 Å². The zero-order valence-corrected chi connectivity index (χ0v) is 11.2. The first kappa shape index (κ1) is 12.4. The summed E-state index contributed by atoms with van der Waals surface area (Å²) in [7, 11) is 1.98. The molecule has 3 N–H and O–H groups in total. The van der Waals surface area contributed by atoms with Crippen molar-refractivity contribution in [3.63, 3.8) is 0 Å². The summed E-state index contributed by atoms with van der Waals surface area (Å²) in [6.45, 7) is 0. The molecule has 1 aromatic heterocycles. The van der Waals surface area contributed by atoms with Crippen molar-refractivity contribution in [2.45, 2.75) is 31.2 Å². The van der Waals surface area contributed by atoms with Crippen molar-refractivity contribution in [1.82, 2.24) is 15.0 Å². The van der Waals surface area contributed by atoms with Gasteiger partial charge in [-0.1, -0.05) is 30.7 Å². The van der Waals surface area contributed by atoms with Crippen LogP contribution in [-0.4, -0.2) is 9.55 Å². The first-order valence-electron chi connectivity index (χ1n) is 6.82. The predicted molar refractivity (Wildman–Crippen MR) is 75.4 cm³/mol. The van der Waals surface area contributed by atoms with Gasteiger partial charge in [0.05, 0.1) is 24.3 Å². The van der Waals surface area contributed by atoms with Crippen LogP contribution in [0, 0.1) is 0 Å². The van der Waals surface area contributed by atoms with Crippen LogP contribution in [0.15, 0.2) is 36.8 Å². The molecule has 100 valence electrons.